The Hall–Kier alpha value is -5.34. The summed E-state index contributed by atoms with van der Waals surface area (Å²) in [4.78, 5) is 53.2. The second kappa shape index (κ2) is 18.1. The van der Waals surface area contributed by atoms with Crippen LogP contribution in [0, 0.1) is 0 Å². The number of para-hydroxylation sites is 1. The van der Waals surface area contributed by atoms with E-state index in [4.69, 9.17) is 18.9 Å². The minimum absolute atomic E-state index is 0.0679. The van der Waals surface area contributed by atoms with Gasteiger partial charge in [0, 0.05) is 31.3 Å². The summed E-state index contributed by atoms with van der Waals surface area (Å²) in [6.07, 6.45) is 3.02. The van der Waals surface area contributed by atoms with Gasteiger partial charge in [-0.15, -0.1) is 0 Å². The van der Waals surface area contributed by atoms with Crippen molar-refractivity contribution in [1.29, 1.82) is 0 Å². The van der Waals surface area contributed by atoms with E-state index in [9.17, 15) is 34.5 Å². The molecule has 58 heavy (non-hydrogen) atoms. The molecular formula is C45H52N2O11. The summed E-state index contributed by atoms with van der Waals surface area (Å²) in [7, 11) is 0. The lowest BCUT2D eigenvalue weighted by molar-refractivity contribution is -0.172. The first-order valence-electron chi connectivity index (χ1n) is 19.6. The molecule has 6 atom stereocenters. The van der Waals surface area contributed by atoms with Gasteiger partial charge in [-0.25, -0.2) is 4.79 Å². The number of ether oxygens (including phenoxy) is 4. The number of phenolic OH excluding ortho intramolecular Hbond substituents is 1. The summed E-state index contributed by atoms with van der Waals surface area (Å²) in [5.74, 6) is -3.38. The van der Waals surface area contributed by atoms with Gasteiger partial charge in [0.2, 0.25) is 11.8 Å². The summed E-state index contributed by atoms with van der Waals surface area (Å²) < 4.78 is 24.5. The molecular weight excluding hydrogens is 744 g/mol. The van der Waals surface area contributed by atoms with Crippen molar-refractivity contribution < 1.29 is 53.4 Å². The van der Waals surface area contributed by atoms with Crippen LogP contribution in [0.2, 0.25) is 0 Å². The van der Waals surface area contributed by atoms with Crippen molar-refractivity contribution in [3.63, 3.8) is 0 Å². The van der Waals surface area contributed by atoms with E-state index < -0.39 is 78.2 Å². The molecule has 3 aliphatic rings. The van der Waals surface area contributed by atoms with E-state index in [1.54, 1.807) is 63.2 Å². The standard InChI is InChI=1S/C45H52N2O11/c1-27(49)39(42(53)46-34(26-48)20-21-38(51)57-44(2,3)4)47-41(52)33-22-36(40-37(23-33)56-45(58-40)24-31-12-5-6-13-32(31)25-45)55-43(54)30-18-16-28(17-19-30)10-9-14-29-11-7-8-15-35(29)50/h5-13,15-19,23,27,34,36-37,39-40,48-50H,14,20-22,24-26H2,1-4H3,(H,46,53)(H,47,52). The van der Waals surface area contributed by atoms with Crippen LogP contribution >= 0.6 is 0 Å². The number of allylic oxidation sites excluding steroid dienone is 1. The Morgan fingerprint density at radius 2 is 1.62 bits per heavy atom. The van der Waals surface area contributed by atoms with Crippen molar-refractivity contribution in [3.8, 4) is 5.75 Å². The molecule has 6 rings (SSSR count). The Labute approximate surface area is 338 Å². The van der Waals surface area contributed by atoms with Crippen LogP contribution in [0.25, 0.3) is 6.08 Å². The highest BCUT2D eigenvalue weighted by molar-refractivity contribution is 5.98. The fourth-order valence-electron chi connectivity index (χ4n) is 7.43. The first-order valence-corrected chi connectivity index (χ1v) is 19.6. The number of fused-ring (bicyclic) bond motifs is 2. The van der Waals surface area contributed by atoms with E-state index >= 15 is 0 Å². The Kier molecular flexibility index (Phi) is 13.2. The average Bonchev–Trinajstić information content (AvgIpc) is 3.73. The highest BCUT2D eigenvalue weighted by Crippen LogP contribution is 2.45. The number of rotatable bonds is 14. The van der Waals surface area contributed by atoms with E-state index in [2.05, 4.69) is 10.6 Å². The van der Waals surface area contributed by atoms with E-state index in [1.165, 1.54) is 6.92 Å². The molecule has 1 spiro atoms. The Balaban J connectivity index is 1.15. The van der Waals surface area contributed by atoms with Gasteiger partial charge in [0.15, 0.2) is 5.79 Å². The Morgan fingerprint density at radius 1 is 0.948 bits per heavy atom. The average molecular weight is 797 g/mol. The normalized spacial score (nSPS) is 21.0. The Bertz CT molecular complexity index is 2010. The third-order valence-electron chi connectivity index (χ3n) is 10.3. The molecule has 3 aromatic rings. The number of phenols is 1. The molecule has 0 aromatic heterocycles. The SMILES string of the molecule is CC(O)C(NC(=O)C1=CC2OC3(Cc4ccccc4C3)OC2C(OC(=O)c2ccc(C=CCc3ccccc3O)cc2)C1)C(=O)NC(CO)CCC(=O)OC(C)(C)C. The van der Waals surface area contributed by atoms with Crippen molar-refractivity contribution in [2.45, 2.75) is 114 Å². The zero-order valence-corrected chi connectivity index (χ0v) is 33.2. The van der Waals surface area contributed by atoms with Gasteiger partial charge >= 0.3 is 11.9 Å². The third-order valence-corrected chi connectivity index (χ3v) is 10.3. The summed E-state index contributed by atoms with van der Waals surface area (Å²) in [5, 5.41) is 35.8. The molecule has 1 heterocycles. The van der Waals surface area contributed by atoms with Crippen LogP contribution in [0.3, 0.4) is 0 Å². The summed E-state index contributed by atoms with van der Waals surface area (Å²) in [5.41, 5.74) is 3.54. The quantitative estimate of drug-likeness (QED) is 0.147. The van der Waals surface area contributed by atoms with Crippen molar-refractivity contribution in [1.82, 2.24) is 10.6 Å². The van der Waals surface area contributed by atoms with E-state index in [1.807, 2.05) is 48.6 Å². The van der Waals surface area contributed by atoms with Gasteiger partial charge in [-0.1, -0.05) is 66.7 Å². The van der Waals surface area contributed by atoms with Gasteiger partial charge in [0.1, 0.15) is 35.7 Å². The minimum atomic E-state index is -1.43. The number of aliphatic hydroxyl groups is 2. The van der Waals surface area contributed by atoms with Crippen LogP contribution in [0.15, 0.2) is 90.5 Å². The number of carbonyl (C=O) groups is 4. The fourth-order valence-corrected chi connectivity index (χ4v) is 7.43. The number of hydrogen-bond donors (Lipinski definition) is 5. The molecule has 2 amide bonds. The van der Waals surface area contributed by atoms with Crippen LogP contribution in [0.1, 0.15) is 79.6 Å². The maximum Gasteiger partial charge on any atom is 0.338 e. The highest BCUT2D eigenvalue weighted by Gasteiger charge is 2.55. The molecule has 0 bridgehead atoms. The van der Waals surface area contributed by atoms with Crippen LogP contribution in [-0.2, 0) is 52.6 Å². The van der Waals surface area contributed by atoms with Crippen molar-refractivity contribution >= 4 is 29.8 Å². The van der Waals surface area contributed by atoms with E-state index in [0.717, 1.165) is 22.3 Å². The monoisotopic (exact) mass is 796 g/mol. The van der Waals surface area contributed by atoms with Crippen molar-refractivity contribution in [2.75, 3.05) is 6.61 Å². The second-order valence-electron chi connectivity index (χ2n) is 16.1. The number of carbonyl (C=O) groups excluding carboxylic acids is 4. The zero-order chi connectivity index (χ0) is 41.6. The minimum Gasteiger partial charge on any atom is -0.508 e. The van der Waals surface area contributed by atoms with Gasteiger partial charge in [-0.05, 0) is 87.1 Å². The molecule has 1 saturated heterocycles. The maximum atomic E-state index is 13.9. The predicted molar refractivity (Wildman–Crippen MR) is 213 cm³/mol. The largest absolute Gasteiger partial charge is 0.508 e. The van der Waals surface area contributed by atoms with Crippen molar-refractivity contribution in [3.05, 3.63) is 118 Å². The molecule has 1 aliphatic heterocycles. The van der Waals surface area contributed by atoms with Gasteiger partial charge in [0.05, 0.1) is 24.3 Å². The Morgan fingerprint density at radius 3 is 2.26 bits per heavy atom. The van der Waals surface area contributed by atoms with Crippen LogP contribution < -0.4 is 10.6 Å². The molecule has 308 valence electrons. The van der Waals surface area contributed by atoms with Crippen LogP contribution in [0.4, 0.5) is 0 Å². The molecule has 5 N–H and O–H groups in total. The summed E-state index contributed by atoms with van der Waals surface area (Å²) in [6, 6.07) is 19.6. The first-order chi connectivity index (χ1) is 27.6. The first kappa shape index (κ1) is 42.3. The number of benzene rings is 3. The summed E-state index contributed by atoms with van der Waals surface area (Å²) in [6.45, 7) is 6.06. The van der Waals surface area contributed by atoms with Gasteiger partial charge in [-0.3, -0.25) is 14.4 Å². The number of aromatic hydroxyl groups is 1. The lowest BCUT2D eigenvalue weighted by Gasteiger charge is -2.31. The molecule has 3 aromatic carbocycles. The van der Waals surface area contributed by atoms with Crippen LogP contribution in [0.5, 0.6) is 5.75 Å². The zero-order valence-electron chi connectivity index (χ0n) is 33.2. The fraction of sp³-hybridized carbons (Fsp3) is 0.422. The topological polar surface area (TPSA) is 190 Å². The smallest absolute Gasteiger partial charge is 0.338 e. The number of esters is 2. The third kappa shape index (κ3) is 10.6. The van der Waals surface area contributed by atoms with Crippen LogP contribution in [-0.4, -0.2) is 93.6 Å². The highest BCUT2D eigenvalue weighted by atomic mass is 16.8. The molecule has 6 unspecified atom stereocenters. The van der Waals surface area contributed by atoms with Gasteiger partial charge in [-0.2, -0.15) is 0 Å². The van der Waals surface area contributed by atoms with Gasteiger partial charge < -0.3 is 44.9 Å². The molecule has 0 saturated carbocycles. The number of aliphatic hydroxyl groups excluding tert-OH is 2. The molecule has 2 aliphatic carbocycles. The molecule has 13 heteroatoms. The maximum absolute atomic E-state index is 13.9. The van der Waals surface area contributed by atoms with Gasteiger partial charge in [0.25, 0.3) is 0 Å². The van der Waals surface area contributed by atoms with E-state index in [0.29, 0.717) is 19.3 Å². The lowest BCUT2D eigenvalue weighted by Crippen LogP contribution is -2.55. The molecule has 13 nitrogen and oxygen atoms in total. The number of hydrogen-bond acceptors (Lipinski definition) is 11. The molecule has 1 fully saturated rings. The van der Waals surface area contributed by atoms with E-state index in [-0.39, 0.29) is 36.1 Å². The lowest BCUT2D eigenvalue weighted by atomic mass is 9.91. The predicted octanol–water partition coefficient (Wildman–Crippen LogP) is 4.25. The summed E-state index contributed by atoms with van der Waals surface area (Å²) >= 11 is 0. The van der Waals surface area contributed by atoms with Crippen molar-refractivity contribution in [2.24, 2.45) is 0 Å². The molecule has 0 radical (unpaired) electrons. The second-order valence-corrected chi connectivity index (χ2v) is 16.1. The number of nitrogens with one attached hydrogen (secondary N) is 2. The number of amides is 2.